The van der Waals surface area contributed by atoms with E-state index >= 15 is 0 Å². The first-order valence-electron chi connectivity index (χ1n) is 5.80. The maximum Gasteiger partial charge on any atom is 0.251 e. The van der Waals surface area contributed by atoms with Crippen molar-refractivity contribution in [3.8, 4) is 0 Å². The molecule has 6 heteroatoms. The Hall–Kier alpha value is -1.10. The molecule has 0 aliphatic rings. The van der Waals surface area contributed by atoms with Gasteiger partial charge in [0.25, 0.3) is 5.56 Å². The third kappa shape index (κ3) is 3.08. The maximum atomic E-state index is 11.5. The van der Waals surface area contributed by atoms with Crippen LogP contribution < -0.4 is 5.56 Å². The molecule has 0 saturated carbocycles. The largest absolute Gasteiger partial charge is 0.335 e. The van der Waals surface area contributed by atoms with E-state index < -0.39 is 0 Å². The molecule has 0 aliphatic heterocycles. The van der Waals surface area contributed by atoms with Crippen LogP contribution in [0, 0.1) is 4.77 Å². The van der Waals surface area contributed by atoms with Gasteiger partial charge in [0.05, 0.1) is 0 Å². The van der Waals surface area contributed by atoms with Crippen LogP contribution in [0.3, 0.4) is 0 Å². The van der Waals surface area contributed by atoms with Gasteiger partial charge in [-0.15, -0.1) is 0 Å². The third-order valence-corrected chi connectivity index (χ3v) is 3.78. The van der Waals surface area contributed by atoms with Gasteiger partial charge in [0.15, 0.2) is 4.77 Å². The van der Waals surface area contributed by atoms with Gasteiger partial charge in [0.1, 0.15) is 0 Å². The Kier molecular flexibility index (Phi) is 4.45. The number of benzene rings is 1. The molecule has 0 fully saturated rings. The second-order valence-electron chi connectivity index (χ2n) is 4.14. The van der Waals surface area contributed by atoms with Crippen molar-refractivity contribution in [1.29, 1.82) is 0 Å². The lowest BCUT2D eigenvalue weighted by molar-refractivity contribution is 0.740. The van der Waals surface area contributed by atoms with Crippen molar-refractivity contribution >= 4 is 35.4 Å². The van der Waals surface area contributed by atoms with Gasteiger partial charge in [-0.05, 0) is 36.3 Å². The summed E-state index contributed by atoms with van der Waals surface area (Å²) in [6.45, 7) is 2.00. The molecule has 0 radical (unpaired) electrons. The molecular formula is C13H12Cl2N2OS. The first kappa shape index (κ1) is 14.3. The molecular weight excluding hydrogens is 303 g/mol. The van der Waals surface area contributed by atoms with Crippen molar-refractivity contribution in [3.05, 3.63) is 60.7 Å². The van der Waals surface area contributed by atoms with Crippen LogP contribution in [0.25, 0.3) is 0 Å². The predicted molar refractivity (Wildman–Crippen MR) is 80.8 cm³/mol. The lowest BCUT2D eigenvalue weighted by Crippen LogP contribution is -2.12. The smallest absolute Gasteiger partial charge is 0.251 e. The van der Waals surface area contributed by atoms with Crippen LogP contribution in [0.1, 0.15) is 30.5 Å². The second-order valence-corrected chi connectivity index (χ2v) is 5.36. The zero-order valence-corrected chi connectivity index (χ0v) is 12.5. The third-order valence-electron chi connectivity index (χ3n) is 2.91. The number of halogens is 2. The van der Waals surface area contributed by atoms with Crippen LogP contribution in [0.2, 0.25) is 10.0 Å². The van der Waals surface area contributed by atoms with Crippen molar-refractivity contribution in [1.82, 2.24) is 9.97 Å². The molecule has 100 valence electrons. The molecule has 2 rings (SSSR count). The van der Waals surface area contributed by atoms with Crippen LogP contribution in [0.4, 0.5) is 0 Å². The number of nitrogens with one attached hydrogen (secondary N) is 2. The van der Waals surface area contributed by atoms with E-state index in [0.29, 0.717) is 20.5 Å². The summed E-state index contributed by atoms with van der Waals surface area (Å²) in [6.07, 6.45) is 0.748. The first-order chi connectivity index (χ1) is 9.02. The normalized spacial score (nSPS) is 12.4. The highest BCUT2D eigenvalue weighted by Gasteiger charge is 2.19. The number of rotatable bonds is 3. The molecule has 0 bridgehead atoms. The Bertz CT molecular complexity index is 660. The van der Waals surface area contributed by atoms with E-state index in [1.54, 1.807) is 18.2 Å². The summed E-state index contributed by atoms with van der Waals surface area (Å²) in [5.41, 5.74) is 1.29. The van der Waals surface area contributed by atoms with E-state index in [2.05, 4.69) is 9.97 Å². The van der Waals surface area contributed by atoms with Gasteiger partial charge in [-0.1, -0.05) is 36.2 Å². The summed E-state index contributed by atoms with van der Waals surface area (Å²) in [4.78, 5) is 17.0. The highest BCUT2D eigenvalue weighted by Crippen LogP contribution is 2.36. The lowest BCUT2D eigenvalue weighted by Gasteiger charge is -2.18. The van der Waals surface area contributed by atoms with E-state index in [1.807, 2.05) is 6.92 Å². The Morgan fingerprint density at radius 3 is 2.42 bits per heavy atom. The summed E-state index contributed by atoms with van der Waals surface area (Å²) >= 11 is 17.4. The standard InChI is InChI=1S/C13H12Cl2N2OS/c1-2-7(10-6-11(18)17-13(19)16-10)12-8(14)4-3-5-9(12)15/h3-7H,2H2,1H3,(H2,16,17,18,19). The molecule has 1 aromatic carbocycles. The fraction of sp³-hybridized carbons (Fsp3) is 0.231. The minimum absolute atomic E-state index is 0.0924. The van der Waals surface area contributed by atoms with Crippen LogP contribution in [0.5, 0.6) is 0 Å². The zero-order chi connectivity index (χ0) is 14.0. The molecule has 2 N–H and O–H groups in total. The Morgan fingerprint density at radius 2 is 1.89 bits per heavy atom. The number of hydrogen-bond acceptors (Lipinski definition) is 2. The SMILES string of the molecule is CCC(c1cc(=O)[nH]c(=S)[nH]1)c1c(Cl)cccc1Cl. The minimum atomic E-state index is -0.236. The molecule has 3 nitrogen and oxygen atoms in total. The molecule has 2 aromatic rings. The van der Waals surface area contributed by atoms with Gasteiger partial charge in [-0.25, -0.2) is 0 Å². The van der Waals surface area contributed by atoms with Crippen LogP contribution in [0.15, 0.2) is 29.1 Å². The summed E-state index contributed by atoms with van der Waals surface area (Å²) < 4.78 is 0.295. The molecule has 1 aromatic heterocycles. The highest BCUT2D eigenvalue weighted by molar-refractivity contribution is 7.71. The van der Waals surface area contributed by atoms with Gasteiger partial charge >= 0.3 is 0 Å². The number of aromatic amines is 2. The molecule has 0 spiro atoms. The second kappa shape index (κ2) is 5.90. The molecule has 1 heterocycles. The summed E-state index contributed by atoms with van der Waals surface area (Å²) in [5.74, 6) is -0.0924. The quantitative estimate of drug-likeness (QED) is 0.831. The fourth-order valence-corrected chi connectivity index (χ4v) is 2.98. The fourth-order valence-electron chi connectivity index (χ4n) is 2.10. The van der Waals surface area contributed by atoms with Gasteiger partial charge in [0, 0.05) is 27.7 Å². The Morgan fingerprint density at radius 1 is 1.26 bits per heavy atom. The van der Waals surface area contributed by atoms with E-state index in [9.17, 15) is 4.79 Å². The van der Waals surface area contributed by atoms with Crippen LogP contribution in [-0.4, -0.2) is 9.97 Å². The van der Waals surface area contributed by atoms with Crippen molar-refractivity contribution in [3.63, 3.8) is 0 Å². The summed E-state index contributed by atoms with van der Waals surface area (Å²) in [6, 6.07) is 6.85. The lowest BCUT2D eigenvalue weighted by atomic mass is 9.93. The molecule has 0 saturated heterocycles. The van der Waals surface area contributed by atoms with E-state index in [0.717, 1.165) is 12.0 Å². The topological polar surface area (TPSA) is 48.6 Å². The van der Waals surface area contributed by atoms with E-state index in [-0.39, 0.29) is 11.5 Å². The predicted octanol–water partition coefficient (Wildman–Crippen LogP) is 4.28. The monoisotopic (exact) mass is 314 g/mol. The molecule has 1 unspecified atom stereocenters. The molecule has 19 heavy (non-hydrogen) atoms. The first-order valence-corrected chi connectivity index (χ1v) is 6.96. The van der Waals surface area contributed by atoms with Gasteiger partial charge in [-0.2, -0.15) is 0 Å². The van der Waals surface area contributed by atoms with Crippen LogP contribution in [-0.2, 0) is 0 Å². The van der Waals surface area contributed by atoms with Crippen molar-refractivity contribution in [2.24, 2.45) is 0 Å². The zero-order valence-electron chi connectivity index (χ0n) is 10.2. The Balaban J connectivity index is 2.63. The van der Waals surface area contributed by atoms with Gasteiger partial charge < -0.3 is 4.98 Å². The minimum Gasteiger partial charge on any atom is -0.335 e. The number of H-pyrrole nitrogens is 2. The van der Waals surface area contributed by atoms with Crippen molar-refractivity contribution in [2.75, 3.05) is 0 Å². The van der Waals surface area contributed by atoms with Gasteiger partial charge in [-0.3, -0.25) is 9.78 Å². The van der Waals surface area contributed by atoms with Crippen molar-refractivity contribution in [2.45, 2.75) is 19.3 Å². The highest BCUT2D eigenvalue weighted by atomic mass is 35.5. The van der Waals surface area contributed by atoms with Crippen molar-refractivity contribution < 1.29 is 0 Å². The van der Waals surface area contributed by atoms with E-state index in [1.165, 1.54) is 6.07 Å². The summed E-state index contributed by atoms with van der Waals surface area (Å²) in [5, 5.41) is 1.16. The average Bonchev–Trinajstić information content (AvgIpc) is 2.32. The van der Waals surface area contributed by atoms with Gasteiger partial charge in [0.2, 0.25) is 0 Å². The molecule has 0 amide bonds. The van der Waals surface area contributed by atoms with E-state index in [4.69, 9.17) is 35.4 Å². The summed E-state index contributed by atoms with van der Waals surface area (Å²) in [7, 11) is 0. The molecule has 1 atom stereocenters. The number of hydrogen-bond donors (Lipinski definition) is 2. The Labute approximate surface area is 125 Å². The average molecular weight is 315 g/mol. The maximum absolute atomic E-state index is 11.5. The molecule has 0 aliphatic carbocycles. The number of aromatic nitrogens is 2. The van der Waals surface area contributed by atoms with Crippen LogP contribution >= 0.6 is 35.4 Å².